The molecule has 0 aromatic heterocycles. The van der Waals surface area contributed by atoms with Crippen molar-refractivity contribution in [3.8, 4) is 0 Å². The topological polar surface area (TPSA) is 29.1 Å². The van der Waals surface area contributed by atoms with Crippen molar-refractivity contribution in [3.05, 3.63) is 34.6 Å². The molecule has 1 aliphatic carbocycles. The predicted molar refractivity (Wildman–Crippen MR) is 70.7 cm³/mol. The van der Waals surface area contributed by atoms with E-state index < -0.39 is 11.7 Å². The summed E-state index contributed by atoms with van der Waals surface area (Å²) in [6.45, 7) is 0.546. The zero-order valence-electron chi connectivity index (χ0n) is 9.76. The van der Waals surface area contributed by atoms with Crippen LogP contribution in [0.5, 0.6) is 0 Å². The molecule has 2 rings (SSSR count). The number of benzene rings is 1. The van der Waals surface area contributed by atoms with Crippen molar-refractivity contribution < 1.29 is 9.18 Å². The fraction of sp³-hybridized carbons (Fsp3) is 0.462. The lowest BCUT2D eigenvalue weighted by atomic mass is 10.1. The summed E-state index contributed by atoms with van der Waals surface area (Å²) in [5.41, 5.74) is 0.0276. The van der Waals surface area contributed by atoms with Gasteiger partial charge in [-0.15, -0.1) is 11.6 Å². The fourth-order valence-electron chi connectivity index (χ4n) is 2.21. The Bertz CT molecular complexity index is 453. The van der Waals surface area contributed by atoms with Crippen molar-refractivity contribution >= 4 is 29.1 Å². The highest BCUT2D eigenvalue weighted by molar-refractivity contribution is 6.30. The maximum Gasteiger partial charge on any atom is 0.254 e. The molecular formula is C13H14Cl2FNO. The molecule has 5 heteroatoms. The summed E-state index contributed by atoms with van der Waals surface area (Å²) in [4.78, 5) is 11.8. The standard InChI is InChI=1S/C13H14Cl2FNO/c14-9-2-1-8(5-9)7-17-13(18)11-4-3-10(15)6-12(11)16/h3-4,6,8-9H,1-2,5,7H2,(H,17,18). The number of carbonyl (C=O) groups excluding carboxylic acids is 1. The number of halogens is 3. The quantitative estimate of drug-likeness (QED) is 0.846. The molecule has 0 bridgehead atoms. The number of hydrogen-bond acceptors (Lipinski definition) is 1. The molecule has 2 unspecified atom stereocenters. The number of alkyl halides is 1. The number of hydrogen-bond donors (Lipinski definition) is 1. The Morgan fingerprint density at radius 3 is 2.83 bits per heavy atom. The van der Waals surface area contributed by atoms with Crippen molar-refractivity contribution in [1.29, 1.82) is 0 Å². The Morgan fingerprint density at radius 2 is 2.22 bits per heavy atom. The van der Waals surface area contributed by atoms with Gasteiger partial charge in [0.25, 0.3) is 5.91 Å². The van der Waals surface area contributed by atoms with Gasteiger partial charge in [-0.25, -0.2) is 4.39 Å². The van der Waals surface area contributed by atoms with Crippen LogP contribution in [0.3, 0.4) is 0 Å². The smallest absolute Gasteiger partial charge is 0.254 e. The molecule has 1 aromatic carbocycles. The molecule has 1 amide bonds. The SMILES string of the molecule is O=C(NCC1CCC(Cl)C1)c1ccc(Cl)cc1F. The minimum atomic E-state index is -0.596. The van der Waals surface area contributed by atoms with Gasteiger partial charge in [-0.05, 0) is 43.4 Å². The van der Waals surface area contributed by atoms with E-state index in [0.29, 0.717) is 12.5 Å². The lowest BCUT2D eigenvalue weighted by Gasteiger charge is -2.11. The van der Waals surface area contributed by atoms with E-state index in [9.17, 15) is 9.18 Å². The number of rotatable bonds is 3. The molecule has 1 saturated carbocycles. The molecule has 0 spiro atoms. The number of carbonyl (C=O) groups is 1. The van der Waals surface area contributed by atoms with E-state index in [4.69, 9.17) is 23.2 Å². The van der Waals surface area contributed by atoms with Crippen LogP contribution in [0, 0.1) is 11.7 Å². The summed E-state index contributed by atoms with van der Waals surface area (Å²) in [6.07, 6.45) is 2.90. The first kappa shape index (κ1) is 13.6. The third-order valence-electron chi connectivity index (χ3n) is 3.20. The van der Waals surface area contributed by atoms with Gasteiger partial charge in [0.1, 0.15) is 5.82 Å². The lowest BCUT2D eigenvalue weighted by Crippen LogP contribution is -2.29. The average Bonchev–Trinajstić information content (AvgIpc) is 2.72. The second-order valence-corrected chi connectivity index (χ2v) is 5.66. The van der Waals surface area contributed by atoms with Crippen molar-refractivity contribution in [3.63, 3.8) is 0 Å². The monoisotopic (exact) mass is 289 g/mol. The third-order valence-corrected chi connectivity index (χ3v) is 3.84. The van der Waals surface area contributed by atoms with Crippen molar-refractivity contribution in [1.82, 2.24) is 5.32 Å². The molecule has 0 radical (unpaired) electrons. The first-order valence-electron chi connectivity index (χ1n) is 5.93. The molecule has 1 aliphatic rings. The van der Waals surface area contributed by atoms with E-state index in [0.717, 1.165) is 25.3 Å². The molecule has 98 valence electrons. The molecule has 18 heavy (non-hydrogen) atoms. The van der Waals surface area contributed by atoms with E-state index in [2.05, 4.69) is 5.32 Å². The van der Waals surface area contributed by atoms with E-state index >= 15 is 0 Å². The summed E-state index contributed by atoms with van der Waals surface area (Å²) in [5.74, 6) is -0.601. The molecule has 2 atom stereocenters. The van der Waals surface area contributed by atoms with Crippen LogP contribution >= 0.6 is 23.2 Å². The Labute approximate surface area is 115 Å². The van der Waals surface area contributed by atoms with Gasteiger partial charge >= 0.3 is 0 Å². The largest absolute Gasteiger partial charge is 0.352 e. The molecule has 0 saturated heterocycles. The van der Waals surface area contributed by atoms with Crippen LogP contribution in [0.2, 0.25) is 5.02 Å². The molecule has 1 N–H and O–H groups in total. The van der Waals surface area contributed by atoms with Crippen LogP contribution in [0.1, 0.15) is 29.6 Å². The Balaban J connectivity index is 1.91. The van der Waals surface area contributed by atoms with Crippen LogP contribution in [0.15, 0.2) is 18.2 Å². The predicted octanol–water partition coefficient (Wildman–Crippen LogP) is 3.62. The fourth-order valence-corrected chi connectivity index (χ4v) is 2.74. The average molecular weight is 290 g/mol. The summed E-state index contributed by atoms with van der Waals surface area (Å²) < 4.78 is 13.5. The van der Waals surface area contributed by atoms with Gasteiger partial charge in [0.15, 0.2) is 0 Å². The molecule has 0 aliphatic heterocycles. The van der Waals surface area contributed by atoms with E-state index in [1.54, 1.807) is 0 Å². The van der Waals surface area contributed by atoms with Crippen LogP contribution in [0.4, 0.5) is 4.39 Å². The first-order valence-corrected chi connectivity index (χ1v) is 6.75. The second-order valence-electron chi connectivity index (χ2n) is 4.61. The van der Waals surface area contributed by atoms with Crippen LogP contribution in [0.25, 0.3) is 0 Å². The Kier molecular flexibility index (Phi) is 4.46. The van der Waals surface area contributed by atoms with Gasteiger partial charge in [-0.2, -0.15) is 0 Å². The summed E-state index contributed by atoms with van der Waals surface area (Å²) in [5, 5.41) is 3.23. The summed E-state index contributed by atoms with van der Waals surface area (Å²) in [6, 6.07) is 4.04. The van der Waals surface area contributed by atoms with E-state index in [1.807, 2.05) is 0 Å². The molecule has 2 nitrogen and oxygen atoms in total. The second kappa shape index (κ2) is 5.89. The van der Waals surface area contributed by atoms with E-state index in [1.165, 1.54) is 12.1 Å². The van der Waals surface area contributed by atoms with Gasteiger partial charge in [0.2, 0.25) is 0 Å². The van der Waals surface area contributed by atoms with Gasteiger partial charge < -0.3 is 5.32 Å². The van der Waals surface area contributed by atoms with Gasteiger partial charge in [-0.3, -0.25) is 4.79 Å². The van der Waals surface area contributed by atoms with Crippen LogP contribution in [-0.4, -0.2) is 17.8 Å². The van der Waals surface area contributed by atoms with Gasteiger partial charge in [-0.1, -0.05) is 11.6 Å². The van der Waals surface area contributed by atoms with Crippen molar-refractivity contribution in [2.24, 2.45) is 5.92 Å². The molecular weight excluding hydrogens is 276 g/mol. The normalized spacial score (nSPS) is 23.1. The number of amides is 1. The highest BCUT2D eigenvalue weighted by Gasteiger charge is 2.23. The summed E-state index contributed by atoms with van der Waals surface area (Å²) in [7, 11) is 0. The first-order chi connectivity index (χ1) is 8.56. The van der Waals surface area contributed by atoms with E-state index in [-0.39, 0.29) is 16.0 Å². The maximum absolute atomic E-state index is 13.5. The maximum atomic E-state index is 13.5. The third kappa shape index (κ3) is 3.36. The zero-order chi connectivity index (χ0) is 13.1. The number of nitrogens with one attached hydrogen (secondary N) is 1. The minimum Gasteiger partial charge on any atom is -0.352 e. The van der Waals surface area contributed by atoms with Gasteiger partial charge in [0.05, 0.1) is 5.56 Å². The molecule has 0 heterocycles. The highest BCUT2D eigenvalue weighted by atomic mass is 35.5. The van der Waals surface area contributed by atoms with Crippen LogP contribution in [-0.2, 0) is 0 Å². The van der Waals surface area contributed by atoms with Crippen molar-refractivity contribution in [2.45, 2.75) is 24.6 Å². The lowest BCUT2D eigenvalue weighted by molar-refractivity contribution is 0.0943. The highest BCUT2D eigenvalue weighted by Crippen LogP contribution is 2.28. The molecule has 1 fully saturated rings. The minimum absolute atomic E-state index is 0.0276. The Hall–Kier alpha value is -0.800. The molecule has 1 aromatic rings. The zero-order valence-corrected chi connectivity index (χ0v) is 11.3. The summed E-state index contributed by atoms with van der Waals surface area (Å²) >= 11 is 11.6. The van der Waals surface area contributed by atoms with Gasteiger partial charge in [0, 0.05) is 16.9 Å². The van der Waals surface area contributed by atoms with Crippen molar-refractivity contribution in [2.75, 3.05) is 6.54 Å². The van der Waals surface area contributed by atoms with Crippen LogP contribution < -0.4 is 5.32 Å². The Morgan fingerprint density at radius 1 is 1.44 bits per heavy atom.